The van der Waals surface area contributed by atoms with Gasteiger partial charge in [0.25, 0.3) is 0 Å². The van der Waals surface area contributed by atoms with Crippen molar-refractivity contribution in [1.82, 2.24) is 0 Å². The van der Waals surface area contributed by atoms with Crippen LogP contribution in [0.4, 0.5) is 0 Å². The van der Waals surface area contributed by atoms with Crippen LogP contribution in [0.15, 0.2) is 36.4 Å². The molecule has 0 fully saturated rings. The van der Waals surface area contributed by atoms with Crippen LogP contribution in [0.5, 0.6) is 11.5 Å². The van der Waals surface area contributed by atoms with E-state index in [1.807, 2.05) is 13.8 Å². The number of rotatable bonds is 4. The van der Waals surface area contributed by atoms with E-state index in [1.54, 1.807) is 31.2 Å². The molecule has 0 aliphatic heterocycles. The number of hydrogen-bond acceptors (Lipinski definition) is 4. The number of aromatic hydroxyl groups is 1. The first-order chi connectivity index (χ1) is 10.8. The number of ether oxygens (including phenoxy) is 1. The van der Waals surface area contributed by atoms with Crippen molar-refractivity contribution in [3.05, 3.63) is 58.7 Å². The molecule has 5 heteroatoms. The van der Waals surface area contributed by atoms with Crippen LogP contribution >= 0.6 is 0 Å². The highest BCUT2D eigenvalue weighted by atomic mass is 16.5. The van der Waals surface area contributed by atoms with Gasteiger partial charge in [-0.3, -0.25) is 0 Å². The van der Waals surface area contributed by atoms with Gasteiger partial charge < -0.3 is 14.9 Å². The van der Waals surface area contributed by atoms with E-state index < -0.39 is 11.9 Å². The van der Waals surface area contributed by atoms with Gasteiger partial charge in [0.15, 0.2) is 0 Å². The standard InChI is InChI=1S/C18H18O5/c1-10(2)12-7-5-8-13(15(12)19)18(22)23-16-11(3)6-4-9-14(16)17(20)21/h4-10,19H,1-3H3,(H,20,21). The Morgan fingerprint density at radius 1 is 1.04 bits per heavy atom. The number of benzene rings is 2. The van der Waals surface area contributed by atoms with Gasteiger partial charge >= 0.3 is 11.9 Å². The number of phenolic OH excluding ortho intramolecular Hbond substituents is 1. The maximum atomic E-state index is 12.4. The lowest BCUT2D eigenvalue weighted by atomic mass is 9.99. The second-order valence-corrected chi connectivity index (χ2v) is 5.54. The molecule has 0 spiro atoms. The maximum Gasteiger partial charge on any atom is 0.347 e. The SMILES string of the molecule is Cc1cccc(C(=O)O)c1OC(=O)c1cccc(C(C)C)c1O. The molecule has 5 nitrogen and oxygen atoms in total. The molecule has 0 unspecified atom stereocenters. The second kappa shape index (κ2) is 6.52. The number of aryl methyl sites for hydroxylation is 1. The van der Waals surface area contributed by atoms with Gasteiger partial charge in [0.05, 0.1) is 0 Å². The number of carbonyl (C=O) groups is 2. The summed E-state index contributed by atoms with van der Waals surface area (Å²) in [6.45, 7) is 5.45. The van der Waals surface area contributed by atoms with Crippen LogP contribution in [0.1, 0.15) is 51.6 Å². The minimum absolute atomic E-state index is 0.00999. The van der Waals surface area contributed by atoms with E-state index in [4.69, 9.17) is 4.74 Å². The molecular weight excluding hydrogens is 296 g/mol. The molecule has 0 saturated heterocycles. The first kappa shape index (κ1) is 16.5. The fourth-order valence-corrected chi connectivity index (χ4v) is 2.30. The lowest BCUT2D eigenvalue weighted by Crippen LogP contribution is -2.13. The molecule has 2 rings (SSSR count). The van der Waals surface area contributed by atoms with Crippen LogP contribution in [0.2, 0.25) is 0 Å². The summed E-state index contributed by atoms with van der Waals surface area (Å²) in [7, 11) is 0. The number of carboxylic acids is 1. The molecular formula is C18H18O5. The Balaban J connectivity index is 2.42. The van der Waals surface area contributed by atoms with E-state index in [2.05, 4.69) is 0 Å². The molecule has 2 aromatic carbocycles. The molecule has 0 saturated carbocycles. The van der Waals surface area contributed by atoms with Crippen LogP contribution < -0.4 is 4.74 Å². The predicted octanol–water partition coefficient (Wildman–Crippen LogP) is 3.74. The van der Waals surface area contributed by atoms with Crippen molar-refractivity contribution in [1.29, 1.82) is 0 Å². The Bertz CT molecular complexity index is 762. The topological polar surface area (TPSA) is 83.8 Å². The first-order valence-electron chi connectivity index (χ1n) is 7.20. The molecule has 0 aromatic heterocycles. The summed E-state index contributed by atoms with van der Waals surface area (Å²) in [5.74, 6) is -2.09. The molecule has 0 heterocycles. The van der Waals surface area contributed by atoms with Gasteiger partial charge in [-0.25, -0.2) is 9.59 Å². The number of esters is 1. The van der Waals surface area contributed by atoms with Crippen molar-refractivity contribution in [3.8, 4) is 11.5 Å². The lowest BCUT2D eigenvalue weighted by Gasteiger charge is -2.13. The Morgan fingerprint density at radius 3 is 2.26 bits per heavy atom. The van der Waals surface area contributed by atoms with Crippen molar-refractivity contribution in [2.24, 2.45) is 0 Å². The lowest BCUT2D eigenvalue weighted by molar-refractivity contribution is 0.0680. The number of hydrogen-bond donors (Lipinski definition) is 2. The average molecular weight is 314 g/mol. The summed E-state index contributed by atoms with van der Waals surface area (Å²) in [5, 5.41) is 19.4. The van der Waals surface area contributed by atoms with Crippen LogP contribution in [0, 0.1) is 6.92 Å². The van der Waals surface area contributed by atoms with Gasteiger partial charge in [-0.05, 0) is 36.1 Å². The molecule has 0 bridgehead atoms. The van der Waals surface area contributed by atoms with E-state index in [-0.39, 0.29) is 28.5 Å². The fraction of sp³-hybridized carbons (Fsp3) is 0.222. The highest BCUT2D eigenvalue weighted by Crippen LogP contribution is 2.31. The van der Waals surface area contributed by atoms with Crippen LogP contribution in [0.25, 0.3) is 0 Å². The quantitative estimate of drug-likeness (QED) is 0.663. The molecule has 0 amide bonds. The van der Waals surface area contributed by atoms with Gasteiger partial charge in [0.2, 0.25) is 0 Å². The van der Waals surface area contributed by atoms with Crippen LogP contribution in [-0.2, 0) is 0 Å². The third kappa shape index (κ3) is 3.34. The highest BCUT2D eigenvalue weighted by Gasteiger charge is 2.21. The number of aromatic carboxylic acids is 1. The molecule has 0 radical (unpaired) electrons. The summed E-state index contributed by atoms with van der Waals surface area (Å²) in [4.78, 5) is 23.6. The normalized spacial score (nSPS) is 10.6. The van der Waals surface area contributed by atoms with E-state index in [0.29, 0.717) is 11.1 Å². The van der Waals surface area contributed by atoms with E-state index in [1.165, 1.54) is 12.1 Å². The largest absolute Gasteiger partial charge is 0.507 e. The summed E-state index contributed by atoms with van der Waals surface area (Å²) in [6, 6.07) is 9.42. The summed E-state index contributed by atoms with van der Waals surface area (Å²) >= 11 is 0. The van der Waals surface area contributed by atoms with Crippen molar-refractivity contribution in [3.63, 3.8) is 0 Å². The molecule has 120 valence electrons. The van der Waals surface area contributed by atoms with Crippen molar-refractivity contribution in [2.75, 3.05) is 0 Å². The summed E-state index contributed by atoms with van der Waals surface area (Å²) in [6.07, 6.45) is 0. The second-order valence-electron chi connectivity index (χ2n) is 5.54. The predicted molar refractivity (Wildman–Crippen MR) is 85.3 cm³/mol. The Labute approximate surface area is 134 Å². The van der Waals surface area contributed by atoms with Gasteiger partial charge in [-0.1, -0.05) is 38.1 Å². The van der Waals surface area contributed by atoms with Gasteiger partial charge in [0, 0.05) is 0 Å². The van der Waals surface area contributed by atoms with Gasteiger partial charge in [-0.15, -0.1) is 0 Å². The Kier molecular flexibility index (Phi) is 4.69. The fourth-order valence-electron chi connectivity index (χ4n) is 2.30. The smallest absolute Gasteiger partial charge is 0.347 e. The zero-order valence-corrected chi connectivity index (χ0v) is 13.2. The minimum atomic E-state index is -1.18. The molecule has 0 aliphatic rings. The maximum absolute atomic E-state index is 12.4. The van der Waals surface area contributed by atoms with E-state index >= 15 is 0 Å². The highest BCUT2D eigenvalue weighted by molar-refractivity contribution is 5.97. The average Bonchev–Trinajstić information content (AvgIpc) is 2.48. The summed E-state index contributed by atoms with van der Waals surface area (Å²) < 4.78 is 5.26. The number of phenols is 1. The Morgan fingerprint density at radius 2 is 1.65 bits per heavy atom. The Hall–Kier alpha value is -2.82. The molecule has 2 aromatic rings. The minimum Gasteiger partial charge on any atom is -0.507 e. The van der Waals surface area contributed by atoms with Crippen molar-refractivity contribution < 1.29 is 24.5 Å². The van der Waals surface area contributed by atoms with Crippen LogP contribution in [-0.4, -0.2) is 22.2 Å². The van der Waals surface area contributed by atoms with Crippen molar-refractivity contribution >= 4 is 11.9 Å². The van der Waals surface area contributed by atoms with Gasteiger partial charge in [-0.2, -0.15) is 0 Å². The summed E-state index contributed by atoms with van der Waals surface area (Å²) in [5.41, 5.74) is 1.06. The zero-order valence-electron chi connectivity index (χ0n) is 13.2. The number of carboxylic acid groups (broad SMARTS) is 1. The van der Waals surface area contributed by atoms with Gasteiger partial charge in [0.1, 0.15) is 22.6 Å². The number of para-hydroxylation sites is 2. The molecule has 0 atom stereocenters. The van der Waals surface area contributed by atoms with Crippen molar-refractivity contribution in [2.45, 2.75) is 26.7 Å². The first-order valence-corrected chi connectivity index (χ1v) is 7.20. The van der Waals surface area contributed by atoms with E-state index in [9.17, 15) is 19.8 Å². The number of carbonyl (C=O) groups excluding carboxylic acids is 1. The van der Waals surface area contributed by atoms with Crippen LogP contribution in [0.3, 0.4) is 0 Å². The van der Waals surface area contributed by atoms with E-state index in [0.717, 1.165) is 0 Å². The molecule has 23 heavy (non-hydrogen) atoms. The third-order valence-electron chi connectivity index (χ3n) is 3.55. The third-order valence-corrected chi connectivity index (χ3v) is 3.55. The molecule has 0 aliphatic carbocycles. The molecule has 2 N–H and O–H groups in total. The monoisotopic (exact) mass is 314 g/mol. The zero-order chi connectivity index (χ0) is 17.1.